The van der Waals surface area contributed by atoms with Crippen molar-refractivity contribution in [1.82, 2.24) is 4.98 Å². The molecule has 1 aromatic heterocycles. The van der Waals surface area contributed by atoms with Gasteiger partial charge in [0.05, 0.1) is 5.92 Å². The van der Waals surface area contributed by atoms with Crippen molar-refractivity contribution in [3.63, 3.8) is 0 Å². The molecule has 3 heteroatoms. The molecule has 0 aliphatic carbocycles. The van der Waals surface area contributed by atoms with Crippen LogP contribution in [-0.4, -0.2) is 4.98 Å². The maximum absolute atomic E-state index is 13.9. The highest BCUT2D eigenvalue weighted by atomic mass is 19.1. The van der Waals surface area contributed by atoms with Gasteiger partial charge >= 0.3 is 0 Å². The Morgan fingerprint density at radius 3 is 2.50 bits per heavy atom. The van der Waals surface area contributed by atoms with Crippen LogP contribution in [0.2, 0.25) is 0 Å². The Morgan fingerprint density at radius 2 is 1.75 bits per heavy atom. The normalized spacial score (nSPS) is 11.4. The third kappa shape index (κ3) is 2.20. The number of imidazole rings is 1. The van der Waals surface area contributed by atoms with Crippen molar-refractivity contribution in [2.24, 2.45) is 0 Å². The summed E-state index contributed by atoms with van der Waals surface area (Å²) in [7, 11) is 0. The summed E-state index contributed by atoms with van der Waals surface area (Å²) >= 11 is 0. The van der Waals surface area contributed by atoms with E-state index in [1.54, 1.807) is 6.07 Å². The molecule has 0 amide bonds. The fourth-order valence-corrected chi connectivity index (χ4v) is 2.57. The summed E-state index contributed by atoms with van der Waals surface area (Å²) < 4.78 is 16.1. The van der Waals surface area contributed by atoms with E-state index in [9.17, 15) is 4.39 Å². The number of rotatable bonds is 3. The van der Waals surface area contributed by atoms with Crippen LogP contribution in [0.4, 0.5) is 4.39 Å². The lowest BCUT2D eigenvalue weighted by atomic mass is 10.1. The standard InChI is InChI=1S/C17H17FN2/c1-12(2)17-19-15-9-5-6-10-16(15)20(17)11-13-7-3-4-8-14(13)18/h3-10,12H,11H2,1-2H3/p+1. The number of nitrogens with one attached hydrogen (secondary N) is 1. The quantitative estimate of drug-likeness (QED) is 0.698. The number of aromatic amines is 1. The third-order valence-corrected chi connectivity index (χ3v) is 3.58. The molecule has 0 unspecified atom stereocenters. The molecule has 1 N–H and O–H groups in total. The molecular weight excluding hydrogens is 251 g/mol. The fraction of sp³-hybridized carbons (Fsp3) is 0.235. The van der Waals surface area contributed by atoms with Crippen molar-refractivity contribution in [3.8, 4) is 0 Å². The molecule has 0 aliphatic rings. The zero-order valence-electron chi connectivity index (χ0n) is 11.7. The van der Waals surface area contributed by atoms with Gasteiger partial charge in [0.1, 0.15) is 12.4 Å². The van der Waals surface area contributed by atoms with Gasteiger partial charge in [0.25, 0.3) is 5.82 Å². The zero-order chi connectivity index (χ0) is 14.1. The highest BCUT2D eigenvalue weighted by Gasteiger charge is 2.21. The second-order valence-electron chi connectivity index (χ2n) is 5.36. The van der Waals surface area contributed by atoms with E-state index in [-0.39, 0.29) is 5.82 Å². The van der Waals surface area contributed by atoms with Crippen molar-refractivity contribution >= 4 is 11.0 Å². The van der Waals surface area contributed by atoms with E-state index in [0.29, 0.717) is 18.0 Å². The van der Waals surface area contributed by atoms with Gasteiger partial charge < -0.3 is 0 Å². The first-order valence-electron chi connectivity index (χ1n) is 6.90. The molecule has 0 aliphatic heterocycles. The lowest BCUT2D eigenvalue weighted by Gasteiger charge is -2.05. The number of hydrogen-bond acceptors (Lipinski definition) is 0. The van der Waals surface area contributed by atoms with Gasteiger partial charge in [-0.05, 0) is 18.2 Å². The van der Waals surface area contributed by atoms with E-state index in [1.165, 1.54) is 6.07 Å². The largest absolute Gasteiger partial charge is 0.258 e. The minimum atomic E-state index is -0.153. The zero-order valence-corrected chi connectivity index (χ0v) is 11.7. The first-order chi connectivity index (χ1) is 9.66. The molecule has 2 aromatic carbocycles. The van der Waals surface area contributed by atoms with Crippen LogP contribution in [-0.2, 0) is 6.54 Å². The lowest BCUT2D eigenvalue weighted by Crippen LogP contribution is -2.38. The topological polar surface area (TPSA) is 19.7 Å². The Morgan fingerprint density at radius 1 is 1.05 bits per heavy atom. The summed E-state index contributed by atoms with van der Waals surface area (Å²) in [6.07, 6.45) is 0. The molecule has 1 heterocycles. The highest BCUT2D eigenvalue weighted by molar-refractivity contribution is 5.71. The minimum absolute atomic E-state index is 0.153. The Bertz CT molecular complexity index is 744. The van der Waals surface area contributed by atoms with Crippen LogP contribution in [0.1, 0.15) is 31.2 Å². The van der Waals surface area contributed by atoms with Crippen molar-refractivity contribution in [3.05, 3.63) is 65.7 Å². The number of benzene rings is 2. The summed E-state index contributed by atoms with van der Waals surface area (Å²) in [5, 5.41) is 0. The summed E-state index contributed by atoms with van der Waals surface area (Å²) in [4.78, 5) is 3.44. The van der Waals surface area contributed by atoms with E-state index < -0.39 is 0 Å². The molecule has 3 aromatic rings. The van der Waals surface area contributed by atoms with Crippen molar-refractivity contribution in [2.45, 2.75) is 26.3 Å². The number of halogens is 1. The van der Waals surface area contributed by atoms with E-state index in [4.69, 9.17) is 0 Å². The monoisotopic (exact) mass is 269 g/mol. The van der Waals surface area contributed by atoms with E-state index >= 15 is 0 Å². The number of hydrogen-bond donors (Lipinski definition) is 1. The first kappa shape index (κ1) is 12.9. The molecule has 0 bridgehead atoms. The van der Waals surface area contributed by atoms with Gasteiger partial charge in [-0.2, -0.15) is 0 Å². The Kier molecular flexibility index (Phi) is 3.26. The third-order valence-electron chi connectivity index (χ3n) is 3.58. The lowest BCUT2D eigenvalue weighted by molar-refractivity contribution is -0.671. The van der Waals surface area contributed by atoms with Crippen molar-refractivity contribution in [1.29, 1.82) is 0 Å². The van der Waals surface area contributed by atoms with Gasteiger partial charge in [0, 0.05) is 5.56 Å². The number of fused-ring (bicyclic) bond motifs is 1. The van der Waals surface area contributed by atoms with Crippen LogP contribution in [0.5, 0.6) is 0 Å². The van der Waals surface area contributed by atoms with Gasteiger partial charge in [-0.3, -0.25) is 0 Å². The number of aromatic nitrogens is 2. The summed E-state index contributed by atoms with van der Waals surface area (Å²) in [6.45, 7) is 4.83. The van der Waals surface area contributed by atoms with Gasteiger partial charge in [-0.15, -0.1) is 0 Å². The minimum Gasteiger partial charge on any atom is -0.241 e. The summed E-state index contributed by atoms with van der Waals surface area (Å²) in [6, 6.07) is 15.1. The van der Waals surface area contributed by atoms with Gasteiger partial charge in [-0.1, -0.05) is 44.2 Å². The first-order valence-corrected chi connectivity index (χ1v) is 6.90. The van der Waals surface area contributed by atoms with Crippen LogP contribution >= 0.6 is 0 Å². The van der Waals surface area contributed by atoms with Gasteiger partial charge in [0.2, 0.25) is 0 Å². The molecule has 0 radical (unpaired) electrons. The van der Waals surface area contributed by atoms with Gasteiger partial charge in [-0.25, -0.2) is 13.9 Å². The molecular formula is C17H18FN2+. The Hall–Kier alpha value is -2.16. The molecule has 2 nitrogen and oxygen atoms in total. The van der Waals surface area contributed by atoms with Crippen LogP contribution in [0, 0.1) is 5.82 Å². The van der Waals surface area contributed by atoms with Gasteiger partial charge in [0.15, 0.2) is 11.0 Å². The van der Waals surface area contributed by atoms with Crippen molar-refractivity contribution < 1.29 is 8.96 Å². The second-order valence-corrected chi connectivity index (χ2v) is 5.36. The average molecular weight is 269 g/mol. The average Bonchev–Trinajstić information content (AvgIpc) is 2.81. The van der Waals surface area contributed by atoms with E-state index in [0.717, 1.165) is 16.9 Å². The molecule has 0 atom stereocenters. The molecule has 20 heavy (non-hydrogen) atoms. The van der Waals surface area contributed by atoms with Crippen LogP contribution < -0.4 is 4.57 Å². The predicted molar refractivity (Wildman–Crippen MR) is 78.1 cm³/mol. The Labute approximate surface area is 117 Å². The molecule has 0 spiro atoms. The fourth-order valence-electron chi connectivity index (χ4n) is 2.57. The maximum atomic E-state index is 13.9. The molecule has 102 valence electrons. The molecule has 0 fully saturated rings. The summed E-state index contributed by atoms with van der Waals surface area (Å²) in [5.74, 6) is 1.32. The van der Waals surface area contributed by atoms with Crippen molar-refractivity contribution in [2.75, 3.05) is 0 Å². The molecule has 0 saturated carbocycles. The van der Waals surface area contributed by atoms with E-state index in [2.05, 4.69) is 35.5 Å². The Balaban J connectivity index is 2.14. The second kappa shape index (κ2) is 5.08. The smallest absolute Gasteiger partial charge is 0.241 e. The maximum Gasteiger partial charge on any atom is 0.258 e. The van der Waals surface area contributed by atoms with Crippen LogP contribution in [0.15, 0.2) is 48.5 Å². The van der Waals surface area contributed by atoms with E-state index in [1.807, 2.05) is 24.3 Å². The molecule has 0 saturated heterocycles. The number of para-hydroxylation sites is 2. The predicted octanol–water partition coefficient (Wildman–Crippen LogP) is 3.77. The van der Waals surface area contributed by atoms with Crippen LogP contribution in [0.25, 0.3) is 11.0 Å². The highest BCUT2D eigenvalue weighted by Crippen LogP contribution is 2.16. The number of nitrogens with zero attached hydrogens (tertiary/aromatic N) is 1. The SMILES string of the molecule is CC(C)c1[nH]c2ccccc2[n+]1Cc1ccccc1F. The van der Waals surface area contributed by atoms with Crippen LogP contribution in [0.3, 0.4) is 0 Å². The number of H-pyrrole nitrogens is 1. The summed E-state index contributed by atoms with van der Waals surface area (Å²) in [5.41, 5.74) is 2.91. The molecule has 3 rings (SSSR count).